The molecule has 0 atom stereocenters. The SMILES string of the molecule is COc1cccc(C(F)(F)F)c1CCC1(N)CC1. The molecule has 1 aromatic rings. The van der Waals surface area contributed by atoms with Crippen molar-refractivity contribution in [3.8, 4) is 5.75 Å². The van der Waals surface area contributed by atoms with Gasteiger partial charge in [0.25, 0.3) is 0 Å². The van der Waals surface area contributed by atoms with Crippen LogP contribution in [0.15, 0.2) is 18.2 Å². The molecular formula is C13H16F3NO. The minimum absolute atomic E-state index is 0.212. The van der Waals surface area contributed by atoms with Crippen molar-refractivity contribution in [3.05, 3.63) is 29.3 Å². The molecule has 0 spiro atoms. The Labute approximate surface area is 104 Å². The highest BCUT2D eigenvalue weighted by Crippen LogP contribution is 2.41. The zero-order valence-corrected chi connectivity index (χ0v) is 10.2. The predicted octanol–water partition coefficient (Wildman–Crippen LogP) is 3.14. The van der Waals surface area contributed by atoms with Gasteiger partial charge in [0.1, 0.15) is 5.75 Å². The first kappa shape index (κ1) is 13.2. The summed E-state index contributed by atoms with van der Waals surface area (Å²) in [6.07, 6.45) is -1.70. The van der Waals surface area contributed by atoms with E-state index in [2.05, 4.69) is 0 Å². The van der Waals surface area contributed by atoms with Crippen molar-refractivity contribution < 1.29 is 17.9 Å². The summed E-state index contributed by atoms with van der Waals surface area (Å²) >= 11 is 0. The molecule has 1 fully saturated rings. The lowest BCUT2D eigenvalue weighted by atomic mass is 9.98. The Kier molecular flexibility index (Phi) is 3.27. The largest absolute Gasteiger partial charge is 0.496 e. The van der Waals surface area contributed by atoms with Gasteiger partial charge in [0.05, 0.1) is 12.7 Å². The summed E-state index contributed by atoms with van der Waals surface area (Å²) in [4.78, 5) is 0. The summed E-state index contributed by atoms with van der Waals surface area (Å²) in [6, 6.07) is 4.01. The fraction of sp³-hybridized carbons (Fsp3) is 0.538. The summed E-state index contributed by atoms with van der Waals surface area (Å²) in [5.41, 5.74) is 5.26. The van der Waals surface area contributed by atoms with Crippen molar-refractivity contribution in [2.45, 2.75) is 37.4 Å². The van der Waals surface area contributed by atoms with Crippen LogP contribution in [0.5, 0.6) is 5.75 Å². The van der Waals surface area contributed by atoms with Gasteiger partial charge in [-0.15, -0.1) is 0 Å². The number of rotatable bonds is 4. The number of halogens is 3. The van der Waals surface area contributed by atoms with Crippen molar-refractivity contribution in [1.29, 1.82) is 0 Å². The lowest BCUT2D eigenvalue weighted by Gasteiger charge is -2.17. The number of hydrogen-bond acceptors (Lipinski definition) is 2. The molecule has 2 rings (SSSR count). The molecule has 0 heterocycles. The third kappa shape index (κ3) is 2.77. The maximum atomic E-state index is 12.9. The average molecular weight is 259 g/mol. The van der Waals surface area contributed by atoms with E-state index in [-0.39, 0.29) is 16.9 Å². The molecule has 100 valence electrons. The van der Waals surface area contributed by atoms with E-state index in [4.69, 9.17) is 10.5 Å². The maximum Gasteiger partial charge on any atom is 0.416 e. The molecule has 0 aliphatic heterocycles. The standard InChI is InChI=1S/C13H16F3NO/c1-18-11-4-2-3-10(13(14,15)16)9(11)5-6-12(17)7-8-12/h2-4H,5-8,17H2,1H3. The van der Waals surface area contributed by atoms with Crippen molar-refractivity contribution in [2.75, 3.05) is 7.11 Å². The molecule has 1 aromatic carbocycles. The number of methoxy groups -OCH3 is 1. The fourth-order valence-electron chi connectivity index (χ4n) is 2.06. The Hall–Kier alpha value is -1.23. The van der Waals surface area contributed by atoms with E-state index in [0.717, 1.165) is 18.9 Å². The third-order valence-electron chi connectivity index (χ3n) is 3.42. The van der Waals surface area contributed by atoms with E-state index >= 15 is 0 Å². The molecule has 1 aliphatic carbocycles. The summed E-state index contributed by atoms with van der Waals surface area (Å²) < 4.78 is 43.8. The molecule has 18 heavy (non-hydrogen) atoms. The molecule has 0 bridgehead atoms. The summed E-state index contributed by atoms with van der Waals surface area (Å²) in [5.74, 6) is 0.286. The second-order valence-electron chi connectivity index (χ2n) is 4.85. The van der Waals surface area contributed by atoms with Crippen LogP contribution in [0.3, 0.4) is 0 Å². The van der Waals surface area contributed by atoms with E-state index in [1.807, 2.05) is 0 Å². The first-order chi connectivity index (χ1) is 8.36. The zero-order chi connectivity index (χ0) is 13.4. The van der Waals surface area contributed by atoms with E-state index in [1.54, 1.807) is 6.07 Å². The van der Waals surface area contributed by atoms with Crippen molar-refractivity contribution in [2.24, 2.45) is 5.73 Å². The molecule has 2 nitrogen and oxygen atoms in total. The van der Waals surface area contributed by atoms with Crippen LogP contribution in [-0.4, -0.2) is 12.6 Å². The molecule has 2 N–H and O–H groups in total. The second-order valence-corrected chi connectivity index (χ2v) is 4.85. The molecular weight excluding hydrogens is 243 g/mol. The summed E-state index contributed by atoms with van der Waals surface area (Å²) in [6.45, 7) is 0. The molecule has 0 unspecified atom stereocenters. The Morgan fingerprint density at radius 1 is 1.33 bits per heavy atom. The smallest absolute Gasteiger partial charge is 0.416 e. The van der Waals surface area contributed by atoms with Crippen LogP contribution in [0, 0.1) is 0 Å². The van der Waals surface area contributed by atoms with Crippen LogP contribution in [-0.2, 0) is 12.6 Å². The Morgan fingerprint density at radius 2 is 2.00 bits per heavy atom. The molecule has 0 saturated heterocycles. The molecule has 0 aromatic heterocycles. The van der Waals surface area contributed by atoms with Crippen LogP contribution < -0.4 is 10.5 Å². The Balaban J connectivity index is 2.28. The molecule has 1 aliphatic rings. The quantitative estimate of drug-likeness (QED) is 0.901. The maximum absolute atomic E-state index is 12.9. The molecule has 1 saturated carbocycles. The van der Waals surface area contributed by atoms with Crippen LogP contribution in [0.25, 0.3) is 0 Å². The monoisotopic (exact) mass is 259 g/mol. The summed E-state index contributed by atoms with van der Waals surface area (Å²) in [7, 11) is 1.38. The van der Waals surface area contributed by atoms with Gasteiger partial charge in [-0.3, -0.25) is 0 Å². The topological polar surface area (TPSA) is 35.2 Å². The number of nitrogens with two attached hydrogens (primary N) is 1. The molecule has 0 amide bonds. The van der Waals surface area contributed by atoms with Gasteiger partial charge in [-0.05, 0) is 37.8 Å². The first-order valence-electron chi connectivity index (χ1n) is 5.88. The number of ether oxygens (including phenoxy) is 1. The van der Waals surface area contributed by atoms with Gasteiger partial charge in [-0.1, -0.05) is 6.07 Å². The zero-order valence-electron chi connectivity index (χ0n) is 10.2. The van der Waals surface area contributed by atoms with Gasteiger partial charge in [0, 0.05) is 11.1 Å². The lowest BCUT2D eigenvalue weighted by molar-refractivity contribution is -0.138. The van der Waals surface area contributed by atoms with Crippen LogP contribution >= 0.6 is 0 Å². The highest BCUT2D eigenvalue weighted by Gasteiger charge is 2.39. The lowest BCUT2D eigenvalue weighted by Crippen LogP contribution is -2.23. The van der Waals surface area contributed by atoms with Gasteiger partial charge in [-0.25, -0.2) is 0 Å². The van der Waals surface area contributed by atoms with Gasteiger partial charge in [0.15, 0.2) is 0 Å². The van der Waals surface area contributed by atoms with Gasteiger partial charge >= 0.3 is 6.18 Å². The van der Waals surface area contributed by atoms with E-state index in [1.165, 1.54) is 13.2 Å². The molecule has 0 radical (unpaired) electrons. The number of hydrogen-bond donors (Lipinski definition) is 1. The van der Waals surface area contributed by atoms with Gasteiger partial charge in [0.2, 0.25) is 0 Å². The van der Waals surface area contributed by atoms with Gasteiger partial charge < -0.3 is 10.5 Å². The third-order valence-corrected chi connectivity index (χ3v) is 3.42. The minimum atomic E-state index is -4.35. The number of benzene rings is 1. The van der Waals surface area contributed by atoms with Crippen molar-refractivity contribution >= 4 is 0 Å². The van der Waals surface area contributed by atoms with Gasteiger partial charge in [-0.2, -0.15) is 13.2 Å². The Bertz CT molecular complexity index is 438. The Morgan fingerprint density at radius 3 is 2.50 bits per heavy atom. The van der Waals surface area contributed by atoms with Crippen LogP contribution in [0.4, 0.5) is 13.2 Å². The highest BCUT2D eigenvalue weighted by molar-refractivity contribution is 5.42. The van der Waals surface area contributed by atoms with Crippen LogP contribution in [0.2, 0.25) is 0 Å². The fourth-order valence-corrected chi connectivity index (χ4v) is 2.06. The molecule has 5 heteroatoms. The van der Waals surface area contributed by atoms with Crippen molar-refractivity contribution in [1.82, 2.24) is 0 Å². The highest BCUT2D eigenvalue weighted by atomic mass is 19.4. The predicted molar refractivity (Wildman–Crippen MR) is 62.5 cm³/mol. The van der Waals surface area contributed by atoms with Crippen LogP contribution in [0.1, 0.15) is 30.4 Å². The van der Waals surface area contributed by atoms with Crippen molar-refractivity contribution in [3.63, 3.8) is 0 Å². The average Bonchev–Trinajstić information content (AvgIpc) is 3.03. The summed E-state index contributed by atoms with van der Waals surface area (Å²) in [5, 5.41) is 0. The van der Waals surface area contributed by atoms with E-state index in [9.17, 15) is 13.2 Å². The minimum Gasteiger partial charge on any atom is -0.496 e. The second kappa shape index (κ2) is 4.46. The van der Waals surface area contributed by atoms with E-state index < -0.39 is 11.7 Å². The first-order valence-corrected chi connectivity index (χ1v) is 5.88. The van der Waals surface area contributed by atoms with E-state index in [0.29, 0.717) is 12.8 Å². The number of alkyl halides is 3. The normalized spacial score (nSPS) is 17.6.